The Hall–Kier alpha value is -1.97. The lowest BCUT2D eigenvalue weighted by molar-refractivity contribution is 0.0488. The molecule has 29 heavy (non-hydrogen) atoms. The zero-order valence-corrected chi connectivity index (χ0v) is 19.3. The molecule has 2 rings (SSSR count). The molecular formula is C26H38O3. The summed E-state index contributed by atoms with van der Waals surface area (Å²) in [5.41, 5.74) is 2.40. The van der Waals surface area contributed by atoms with Crippen molar-refractivity contribution < 1.29 is 15.0 Å². The van der Waals surface area contributed by atoms with Gasteiger partial charge in [0.2, 0.25) is 0 Å². The normalized spacial score (nSPS) is 12.0. The van der Waals surface area contributed by atoms with Crippen LogP contribution in [0.1, 0.15) is 94.3 Å². The Labute approximate surface area is 176 Å². The molecule has 0 aliphatic rings. The van der Waals surface area contributed by atoms with Crippen LogP contribution in [0.5, 0.6) is 0 Å². The molecule has 0 radical (unpaired) electrons. The van der Waals surface area contributed by atoms with Gasteiger partial charge < -0.3 is 10.2 Å². The highest BCUT2D eigenvalue weighted by Crippen LogP contribution is 2.19. The van der Waals surface area contributed by atoms with Gasteiger partial charge in [0, 0.05) is 12.0 Å². The Morgan fingerprint density at radius 2 is 1.14 bits per heavy atom. The molecule has 2 aromatic rings. The monoisotopic (exact) mass is 398 g/mol. The van der Waals surface area contributed by atoms with E-state index in [1.807, 2.05) is 26.0 Å². The third kappa shape index (κ3) is 8.93. The van der Waals surface area contributed by atoms with Crippen LogP contribution < -0.4 is 0 Å². The highest BCUT2D eigenvalue weighted by Gasteiger charge is 2.24. The quantitative estimate of drug-likeness (QED) is 0.597. The van der Waals surface area contributed by atoms with Gasteiger partial charge in [-0.2, -0.15) is 0 Å². The van der Waals surface area contributed by atoms with E-state index in [4.69, 9.17) is 0 Å². The Kier molecular flexibility index (Phi) is 8.80. The van der Waals surface area contributed by atoms with Crippen LogP contribution in [-0.2, 0) is 6.42 Å². The van der Waals surface area contributed by atoms with Gasteiger partial charge in [-0.1, -0.05) is 76.2 Å². The Morgan fingerprint density at radius 1 is 0.759 bits per heavy atom. The maximum Gasteiger partial charge on any atom is 0.193 e. The summed E-state index contributed by atoms with van der Waals surface area (Å²) in [5, 5.41) is 19.2. The highest BCUT2D eigenvalue weighted by molar-refractivity contribution is 6.01. The number of carbonyl (C=O) groups excluding carboxylic acids is 1. The second-order valence-corrected chi connectivity index (χ2v) is 9.55. The summed E-state index contributed by atoms with van der Waals surface area (Å²) in [6.07, 6.45) is 0.714. The second kappa shape index (κ2) is 10.2. The summed E-state index contributed by atoms with van der Waals surface area (Å²) < 4.78 is 0. The standard InChI is InChI=1S/C13H18O2.C13H20O/c1-9(2)10-5-7-11(8-6-10)12(14)13(3,4)15;1-10(2)12-7-5-11(6-8-12)9-13(3,4)14/h5-9,15H,1-4H3;5-8,10,14H,9H2,1-4H3. The maximum absolute atomic E-state index is 11.7. The molecule has 0 heterocycles. The average molecular weight is 399 g/mol. The van der Waals surface area contributed by atoms with E-state index in [1.54, 1.807) is 12.1 Å². The minimum atomic E-state index is -1.29. The van der Waals surface area contributed by atoms with Gasteiger partial charge in [-0.05, 0) is 56.2 Å². The van der Waals surface area contributed by atoms with Crippen LogP contribution in [0.25, 0.3) is 0 Å². The molecule has 0 bridgehead atoms. The predicted molar refractivity (Wildman–Crippen MR) is 122 cm³/mol. The zero-order valence-electron chi connectivity index (χ0n) is 19.3. The van der Waals surface area contributed by atoms with Gasteiger partial charge in [-0.25, -0.2) is 0 Å². The van der Waals surface area contributed by atoms with Crippen molar-refractivity contribution in [1.82, 2.24) is 0 Å². The molecular weight excluding hydrogens is 360 g/mol. The van der Waals surface area contributed by atoms with E-state index >= 15 is 0 Å². The minimum absolute atomic E-state index is 0.238. The third-order valence-corrected chi connectivity index (χ3v) is 4.68. The van der Waals surface area contributed by atoms with Crippen molar-refractivity contribution in [1.29, 1.82) is 0 Å². The van der Waals surface area contributed by atoms with E-state index < -0.39 is 11.2 Å². The molecule has 0 atom stereocenters. The second-order valence-electron chi connectivity index (χ2n) is 9.55. The number of aliphatic hydroxyl groups is 2. The molecule has 160 valence electrons. The van der Waals surface area contributed by atoms with E-state index in [0.717, 1.165) is 0 Å². The molecule has 3 nitrogen and oxygen atoms in total. The summed E-state index contributed by atoms with van der Waals surface area (Å²) in [6, 6.07) is 15.9. The largest absolute Gasteiger partial charge is 0.390 e. The molecule has 3 heteroatoms. The molecule has 0 aliphatic carbocycles. The average Bonchev–Trinajstić information content (AvgIpc) is 2.60. The van der Waals surface area contributed by atoms with Crippen LogP contribution in [0.3, 0.4) is 0 Å². The molecule has 2 aromatic carbocycles. The van der Waals surface area contributed by atoms with Gasteiger partial charge in [-0.3, -0.25) is 4.79 Å². The Bertz CT molecular complexity index is 756. The summed E-state index contributed by atoms with van der Waals surface area (Å²) in [5.74, 6) is 0.792. The van der Waals surface area contributed by atoms with Crippen LogP contribution >= 0.6 is 0 Å². The summed E-state index contributed by atoms with van der Waals surface area (Å²) in [6.45, 7) is 15.3. The fourth-order valence-corrected chi connectivity index (χ4v) is 2.89. The van der Waals surface area contributed by atoms with E-state index in [0.29, 0.717) is 23.8 Å². The van der Waals surface area contributed by atoms with Gasteiger partial charge >= 0.3 is 0 Å². The lowest BCUT2D eigenvalue weighted by atomic mass is 9.94. The van der Waals surface area contributed by atoms with E-state index in [1.165, 1.54) is 30.5 Å². The number of benzene rings is 2. The van der Waals surface area contributed by atoms with Crippen molar-refractivity contribution in [2.45, 2.75) is 84.8 Å². The molecule has 0 saturated carbocycles. The summed E-state index contributed by atoms with van der Waals surface area (Å²) in [7, 11) is 0. The number of ketones is 1. The lowest BCUT2D eigenvalue weighted by Gasteiger charge is -2.17. The van der Waals surface area contributed by atoms with Gasteiger partial charge in [0.05, 0.1) is 5.60 Å². The van der Waals surface area contributed by atoms with Crippen LogP contribution in [0.4, 0.5) is 0 Å². The Morgan fingerprint density at radius 3 is 1.45 bits per heavy atom. The first kappa shape index (κ1) is 25.1. The first-order valence-corrected chi connectivity index (χ1v) is 10.4. The van der Waals surface area contributed by atoms with E-state index in [9.17, 15) is 15.0 Å². The van der Waals surface area contributed by atoms with Crippen molar-refractivity contribution in [2.24, 2.45) is 0 Å². The van der Waals surface area contributed by atoms with Crippen molar-refractivity contribution in [3.05, 3.63) is 70.8 Å². The van der Waals surface area contributed by atoms with Crippen LogP contribution in [-0.4, -0.2) is 27.2 Å². The Balaban J connectivity index is 0.000000291. The molecule has 0 saturated heterocycles. The van der Waals surface area contributed by atoms with Crippen molar-refractivity contribution in [3.63, 3.8) is 0 Å². The first-order valence-electron chi connectivity index (χ1n) is 10.4. The fourth-order valence-electron chi connectivity index (χ4n) is 2.89. The number of hydrogen-bond donors (Lipinski definition) is 2. The molecule has 0 spiro atoms. The fraction of sp³-hybridized carbons (Fsp3) is 0.500. The van der Waals surface area contributed by atoms with Crippen LogP contribution in [0, 0.1) is 0 Å². The van der Waals surface area contributed by atoms with Gasteiger partial charge in [0.15, 0.2) is 5.78 Å². The predicted octanol–water partition coefficient (Wildman–Crippen LogP) is 5.89. The van der Waals surface area contributed by atoms with Crippen LogP contribution in [0.15, 0.2) is 48.5 Å². The van der Waals surface area contributed by atoms with Gasteiger partial charge in [-0.15, -0.1) is 0 Å². The third-order valence-electron chi connectivity index (χ3n) is 4.68. The molecule has 0 fully saturated rings. The van der Waals surface area contributed by atoms with Gasteiger partial charge in [0.25, 0.3) is 0 Å². The molecule has 0 amide bonds. The maximum atomic E-state index is 11.7. The summed E-state index contributed by atoms with van der Waals surface area (Å²) in [4.78, 5) is 11.7. The molecule has 0 aromatic heterocycles. The van der Waals surface area contributed by atoms with Crippen LogP contribution in [0.2, 0.25) is 0 Å². The zero-order chi connectivity index (χ0) is 22.4. The number of Topliss-reactive ketones (excluding diaryl/α,β-unsaturated/α-hetero) is 1. The summed E-state index contributed by atoms with van der Waals surface area (Å²) >= 11 is 0. The molecule has 0 aliphatic heterocycles. The first-order chi connectivity index (χ1) is 13.2. The van der Waals surface area contributed by atoms with E-state index in [2.05, 4.69) is 52.0 Å². The number of hydrogen-bond acceptors (Lipinski definition) is 3. The van der Waals surface area contributed by atoms with Gasteiger partial charge in [0.1, 0.15) is 5.60 Å². The smallest absolute Gasteiger partial charge is 0.193 e. The molecule has 2 N–H and O–H groups in total. The van der Waals surface area contributed by atoms with E-state index in [-0.39, 0.29) is 5.78 Å². The van der Waals surface area contributed by atoms with Crippen molar-refractivity contribution >= 4 is 5.78 Å². The topological polar surface area (TPSA) is 57.5 Å². The SMILES string of the molecule is CC(C)c1ccc(C(=O)C(C)(C)O)cc1.CC(C)c1ccc(CC(C)(C)O)cc1. The van der Waals surface area contributed by atoms with Crippen molar-refractivity contribution in [2.75, 3.05) is 0 Å². The molecule has 0 unspecified atom stereocenters. The number of carbonyl (C=O) groups is 1. The van der Waals surface area contributed by atoms with Crippen molar-refractivity contribution in [3.8, 4) is 0 Å². The highest BCUT2D eigenvalue weighted by atomic mass is 16.3. The minimum Gasteiger partial charge on any atom is -0.390 e. The number of rotatable bonds is 6. The lowest BCUT2D eigenvalue weighted by Crippen LogP contribution is -2.31.